The Balaban J connectivity index is 2.49. The molecule has 0 saturated heterocycles. The standard InChI is InChI=1S/C16H17NOS3/c1-8-6-9(2)13-11(7-8)12-14(20-21-15(12)19)16(4,5)17(13)10(3)18/h6-7H,1-5H3. The summed E-state index contributed by atoms with van der Waals surface area (Å²) < 4.78 is 0.928. The summed E-state index contributed by atoms with van der Waals surface area (Å²) in [6, 6.07) is 4.29. The van der Waals surface area contributed by atoms with Gasteiger partial charge in [0.1, 0.15) is 3.82 Å². The predicted molar refractivity (Wildman–Crippen MR) is 94.1 cm³/mol. The maximum atomic E-state index is 12.3. The first-order chi connectivity index (χ1) is 9.75. The molecule has 1 amide bonds. The van der Waals surface area contributed by atoms with Gasteiger partial charge in [-0.15, -0.1) is 0 Å². The first-order valence-corrected chi connectivity index (χ1v) is 9.37. The van der Waals surface area contributed by atoms with Gasteiger partial charge in [0.25, 0.3) is 0 Å². The fourth-order valence-electron chi connectivity index (χ4n) is 3.28. The number of amides is 1. The summed E-state index contributed by atoms with van der Waals surface area (Å²) in [5.74, 6) is 0.0724. The summed E-state index contributed by atoms with van der Waals surface area (Å²) in [6.45, 7) is 10.0. The van der Waals surface area contributed by atoms with Crippen LogP contribution < -0.4 is 4.90 Å². The van der Waals surface area contributed by atoms with E-state index in [0.717, 1.165) is 26.2 Å². The van der Waals surface area contributed by atoms with Crippen LogP contribution in [-0.2, 0) is 10.3 Å². The Labute approximate surface area is 137 Å². The fourth-order valence-corrected chi connectivity index (χ4v) is 6.56. The molecule has 2 nitrogen and oxygen atoms in total. The molecule has 0 N–H and O–H groups in total. The average Bonchev–Trinajstić information content (AvgIpc) is 2.73. The maximum Gasteiger partial charge on any atom is 0.224 e. The molecule has 1 aromatic carbocycles. The van der Waals surface area contributed by atoms with Crippen molar-refractivity contribution in [3.8, 4) is 11.1 Å². The zero-order valence-corrected chi connectivity index (χ0v) is 15.2. The van der Waals surface area contributed by atoms with Gasteiger partial charge < -0.3 is 4.90 Å². The summed E-state index contributed by atoms with van der Waals surface area (Å²) in [4.78, 5) is 15.5. The highest BCUT2D eigenvalue weighted by atomic mass is 32.9. The molecule has 110 valence electrons. The molecule has 3 rings (SSSR count). The molecular formula is C16H17NOS3. The van der Waals surface area contributed by atoms with E-state index in [1.807, 2.05) is 4.90 Å². The Morgan fingerprint density at radius 2 is 1.90 bits per heavy atom. The molecule has 2 heterocycles. The van der Waals surface area contributed by atoms with Gasteiger partial charge in [-0.05, 0) is 39.3 Å². The van der Waals surface area contributed by atoms with Gasteiger partial charge in [0.05, 0.1) is 16.1 Å². The zero-order chi connectivity index (χ0) is 15.5. The second-order valence-corrected chi connectivity index (χ2v) is 8.87. The highest BCUT2D eigenvalue weighted by Crippen LogP contribution is 2.53. The number of hydrogen-bond donors (Lipinski definition) is 0. The molecule has 0 saturated carbocycles. The fraction of sp³-hybridized carbons (Fsp3) is 0.375. The van der Waals surface area contributed by atoms with Crippen LogP contribution in [-0.4, -0.2) is 5.91 Å². The van der Waals surface area contributed by atoms with Crippen molar-refractivity contribution in [3.63, 3.8) is 0 Å². The van der Waals surface area contributed by atoms with Crippen molar-refractivity contribution in [2.45, 2.75) is 40.2 Å². The van der Waals surface area contributed by atoms with Crippen LogP contribution in [0.3, 0.4) is 0 Å². The Kier molecular flexibility index (Phi) is 3.35. The summed E-state index contributed by atoms with van der Waals surface area (Å²) >= 11 is 5.57. The highest BCUT2D eigenvalue weighted by molar-refractivity contribution is 7.80. The van der Waals surface area contributed by atoms with Gasteiger partial charge in [-0.25, -0.2) is 0 Å². The largest absolute Gasteiger partial charge is 0.301 e. The Hall–Kier alpha value is -1.04. The maximum absolute atomic E-state index is 12.3. The summed E-state index contributed by atoms with van der Waals surface area (Å²) in [6.07, 6.45) is 0. The van der Waals surface area contributed by atoms with E-state index in [-0.39, 0.29) is 11.4 Å². The van der Waals surface area contributed by atoms with E-state index in [4.69, 9.17) is 12.2 Å². The lowest BCUT2D eigenvalue weighted by Crippen LogP contribution is -2.47. The van der Waals surface area contributed by atoms with Crippen LogP contribution in [0.15, 0.2) is 12.1 Å². The van der Waals surface area contributed by atoms with Crippen molar-refractivity contribution in [2.24, 2.45) is 0 Å². The summed E-state index contributed by atoms with van der Waals surface area (Å²) in [5.41, 5.74) is 5.26. The van der Waals surface area contributed by atoms with E-state index < -0.39 is 0 Å². The van der Waals surface area contributed by atoms with Gasteiger partial charge >= 0.3 is 0 Å². The molecular weight excluding hydrogens is 318 g/mol. The number of carbonyl (C=O) groups is 1. The third-order valence-electron chi connectivity index (χ3n) is 4.00. The molecule has 0 unspecified atom stereocenters. The lowest BCUT2D eigenvalue weighted by atomic mass is 9.85. The quantitative estimate of drug-likeness (QED) is 0.473. The van der Waals surface area contributed by atoms with Crippen LogP contribution in [0, 0.1) is 17.7 Å². The van der Waals surface area contributed by atoms with Crippen molar-refractivity contribution in [1.29, 1.82) is 0 Å². The van der Waals surface area contributed by atoms with E-state index >= 15 is 0 Å². The van der Waals surface area contributed by atoms with E-state index in [9.17, 15) is 4.79 Å². The van der Waals surface area contributed by atoms with Crippen LogP contribution in [0.2, 0.25) is 0 Å². The zero-order valence-electron chi connectivity index (χ0n) is 12.7. The van der Waals surface area contributed by atoms with Crippen molar-refractivity contribution in [1.82, 2.24) is 0 Å². The number of aryl methyl sites for hydroxylation is 2. The topological polar surface area (TPSA) is 20.3 Å². The number of anilines is 1. The first-order valence-electron chi connectivity index (χ1n) is 6.81. The normalized spacial score (nSPS) is 15.6. The molecule has 1 aromatic heterocycles. The van der Waals surface area contributed by atoms with Gasteiger partial charge in [0.2, 0.25) is 5.91 Å². The first kappa shape index (κ1) is 14.9. The Morgan fingerprint density at radius 1 is 1.24 bits per heavy atom. The van der Waals surface area contributed by atoms with Gasteiger partial charge in [0.15, 0.2) is 0 Å². The van der Waals surface area contributed by atoms with Crippen molar-refractivity contribution < 1.29 is 4.79 Å². The molecule has 0 atom stereocenters. The lowest BCUT2D eigenvalue weighted by Gasteiger charge is -2.43. The minimum Gasteiger partial charge on any atom is -0.301 e. The van der Waals surface area contributed by atoms with Gasteiger partial charge in [-0.3, -0.25) is 4.79 Å². The van der Waals surface area contributed by atoms with Crippen LogP contribution in [0.5, 0.6) is 0 Å². The molecule has 1 aliphatic rings. The van der Waals surface area contributed by atoms with Gasteiger partial charge in [0, 0.05) is 18.1 Å². The van der Waals surface area contributed by atoms with E-state index in [2.05, 4.69) is 39.8 Å². The number of nitrogens with zero attached hydrogens (tertiary/aromatic N) is 1. The minimum absolute atomic E-state index is 0.0724. The van der Waals surface area contributed by atoms with Crippen molar-refractivity contribution >= 4 is 44.5 Å². The number of rotatable bonds is 0. The summed E-state index contributed by atoms with van der Waals surface area (Å²) in [7, 11) is 3.33. The Morgan fingerprint density at radius 3 is 2.52 bits per heavy atom. The molecule has 5 heteroatoms. The molecule has 0 spiro atoms. The van der Waals surface area contributed by atoms with Gasteiger partial charge in [-0.1, -0.05) is 44.5 Å². The van der Waals surface area contributed by atoms with Gasteiger partial charge in [-0.2, -0.15) is 0 Å². The molecule has 0 radical (unpaired) electrons. The molecule has 1 aliphatic heterocycles. The van der Waals surface area contributed by atoms with Crippen LogP contribution in [0.1, 0.15) is 36.8 Å². The third-order valence-corrected chi connectivity index (χ3v) is 7.33. The average molecular weight is 336 g/mol. The number of carbonyl (C=O) groups excluding carboxylic acids is 1. The number of hydrogen-bond acceptors (Lipinski definition) is 4. The van der Waals surface area contributed by atoms with Crippen molar-refractivity contribution in [3.05, 3.63) is 32.0 Å². The third kappa shape index (κ3) is 2.02. The summed E-state index contributed by atoms with van der Waals surface area (Å²) in [5, 5.41) is 0. The second-order valence-electron chi connectivity index (χ2n) is 6.05. The highest BCUT2D eigenvalue weighted by Gasteiger charge is 2.42. The van der Waals surface area contributed by atoms with E-state index in [1.54, 1.807) is 27.6 Å². The SMILES string of the molecule is CC(=O)N1c2c(C)cc(C)cc2-c2c(ssc2=S)C1(C)C. The van der Waals surface area contributed by atoms with Crippen LogP contribution in [0.25, 0.3) is 11.1 Å². The van der Waals surface area contributed by atoms with Crippen LogP contribution >= 0.6 is 32.9 Å². The smallest absolute Gasteiger partial charge is 0.224 e. The molecule has 0 fully saturated rings. The lowest BCUT2D eigenvalue weighted by molar-refractivity contribution is -0.117. The molecule has 0 aliphatic carbocycles. The minimum atomic E-state index is -0.355. The van der Waals surface area contributed by atoms with E-state index in [1.165, 1.54) is 10.4 Å². The monoisotopic (exact) mass is 335 g/mol. The molecule has 2 aromatic rings. The van der Waals surface area contributed by atoms with Crippen LogP contribution in [0.4, 0.5) is 5.69 Å². The second kappa shape index (κ2) is 4.73. The molecule has 0 bridgehead atoms. The van der Waals surface area contributed by atoms with E-state index in [0.29, 0.717) is 0 Å². The number of benzene rings is 1. The number of fused-ring (bicyclic) bond motifs is 3. The Bertz CT molecular complexity index is 813. The molecule has 21 heavy (non-hydrogen) atoms. The van der Waals surface area contributed by atoms with Crippen molar-refractivity contribution in [2.75, 3.05) is 4.90 Å². The predicted octanol–water partition coefficient (Wildman–Crippen LogP) is 5.42.